The van der Waals surface area contributed by atoms with Crippen LogP contribution < -0.4 is 0 Å². The Morgan fingerprint density at radius 2 is 2.00 bits per heavy atom. The van der Waals surface area contributed by atoms with Crippen molar-refractivity contribution in [3.05, 3.63) is 11.7 Å². The van der Waals surface area contributed by atoms with E-state index in [1.807, 2.05) is 0 Å². The zero-order chi connectivity index (χ0) is 8.15. The molecule has 10 heavy (non-hydrogen) atoms. The maximum atomic E-state index is 11.6. The molecule has 0 aliphatic rings. The number of carboxylic acid groups (broad SMARTS) is 1. The number of hydrogen-bond acceptors (Lipinski definition) is 1. The fourth-order valence-electron chi connectivity index (χ4n) is 0.532. The Morgan fingerprint density at radius 1 is 1.50 bits per heavy atom. The van der Waals surface area contributed by atoms with Crippen LogP contribution in [0, 0.1) is 0 Å². The van der Waals surface area contributed by atoms with Crippen LogP contribution in [0.4, 0.5) is 8.78 Å². The molecule has 0 aliphatic carbocycles. The summed E-state index contributed by atoms with van der Waals surface area (Å²) in [5.41, 5.74) is -0.775. The molecule has 0 aromatic heterocycles. The van der Waals surface area contributed by atoms with Crippen molar-refractivity contribution < 1.29 is 18.7 Å². The van der Waals surface area contributed by atoms with Crippen LogP contribution in [0.25, 0.3) is 0 Å². The van der Waals surface area contributed by atoms with E-state index in [2.05, 4.69) is 0 Å². The molecule has 0 fully saturated rings. The van der Waals surface area contributed by atoms with Crippen molar-refractivity contribution in [3.8, 4) is 0 Å². The first-order valence-corrected chi connectivity index (χ1v) is 2.87. The summed E-state index contributed by atoms with van der Waals surface area (Å²) in [6, 6.07) is 0. The monoisotopic (exact) mass is 150 g/mol. The van der Waals surface area contributed by atoms with Gasteiger partial charge in [0.25, 0.3) is 6.08 Å². The molecule has 0 spiro atoms. The van der Waals surface area contributed by atoms with Gasteiger partial charge >= 0.3 is 5.97 Å². The smallest absolute Gasteiger partial charge is 0.337 e. The van der Waals surface area contributed by atoms with Gasteiger partial charge in [0.05, 0.1) is 0 Å². The minimum Gasteiger partial charge on any atom is -0.478 e. The predicted molar refractivity (Wildman–Crippen MR) is 31.8 cm³/mol. The first kappa shape index (κ1) is 9.07. The van der Waals surface area contributed by atoms with Crippen LogP contribution in [0.1, 0.15) is 19.8 Å². The van der Waals surface area contributed by atoms with Gasteiger partial charge in [-0.1, -0.05) is 13.3 Å². The molecule has 1 N–H and O–H groups in total. The second-order valence-corrected chi connectivity index (χ2v) is 1.79. The molecule has 2 nitrogen and oxygen atoms in total. The zero-order valence-corrected chi connectivity index (χ0v) is 5.53. The van der Waals surface area contributed by atoms with Crippen LogP contribution >= 0.6 is 0 Å². The normalized spacial score (nSPS) is 9.10. The van der Waals surface area contributed by atoms with E-state index >= 15 is 0 Å². The van der Waals surface area contributed by atoms with E-state index in [0.717, 1.165) is 0 Å². The van der Waals surface area contributed by atoms with E-state index in [-0.39, 0.29) is 6.42 Å². The Bertz CT molecular complexity index is 159. The lowest BCUT2D eigenvalue weighted by Crippen LogP contribution is -2.00. The van der Waals surface area contributed by atoms with Gasteiger partial charge in [0.2, 0.25) is 0 Å². The molecule has 0 heterocycles. The van der Waals surface area contributed by atoms with E-state index in [0.29, 0.717) is 6.42 Å². The van der Waals surface area contributed by atoms with Crippen LogP contribution in [-0.4, -0.2) is 11.1 Å². The molecule has 0 aromatic rings. The Hall–Kier alpha value is -0.930. The van der Waals surface area contributed by atoms with Crippen LogP contribution in [0.3, 0.4) is 0 Å². The molecule has 0 saturated carbocycles. The summed E-state index contributed by atoms with van der Waals surface area (Å²) in [6.45, 7) is 1.64. The van der Waals surface area contributed by atoms with Crippen molar-refractivity contribution in [2.24, 2.45) is 0 Å². The first-order valence-electron chi connectivity index (χ1n) is 2.87. The maximum absolute atomic E-state index is 11.6. The van der Waals surface area contributed by atoms with Crippen molar-refractivity contribution in [3.63, 3.8) is 0 Å². The highest BCUT2D eigenvalue weighted by molar-refractivity contribution is 5.86. The van der Waals surface area contributed by atoms with E-state index in [4.69, 9.17) is 5.11 Å². The van der Waals surface area contributed by atoms with E-state index in [1.54, 1.807) is 6.92 Å². The number of aliphatic carboxylic acids is 1. The maximum Gasteiger partial charge on any atom is 0.337 e. The van der Waals surface area contributed by atoms with Gasteiger partial charge in [0.15, 0.2) is 0 Å². The molecule has 0 atom stereocenters. The minimum absolute atomic E-state index is 0.0718. The van der Waals surface area contributed by atoms with Crippen molar-refractivity contribution in [2.45, 2.75) is 19.8 Å². The lowest BCUT2D eigenvalue weighted by molar-refractivity contribution is -0.133. The number of carboxylic acids is 1. The Morgan fingerprint density at radius 3 is 2.10 bits per heavy atom. The molecule has 0 saturated heterocycles. The lowest BCUT2D eigenvalue weighted by atomic mass is 10.2. The second kappa shape index (κ2) is 3.98. The third kappa shape index (κ3) is 2.57. The van der Waals surface area contributed by atoms with E-state index in [1.165, 1.54) is 0 Å². The van der Waals surface area contributed by atoms with Gasteiger partial charge in [-0.2, -0.15) is 8.78 Å². The van der Waals surface area contributed by atoms with Gasteiger partial charge < -0.3 is 5.11 Å². The highest BCUT2D eigenvalue weighted by Crippen LogP contribution is 2.13. The summed E-state index contributed by atoms with van der Waals surface area (Å²) in [5, 5.41) is 8.14. The second-order valence-electron chi connectivity index (χ2n) is 1.79. The molecule has 4 heteroatoms. The summed E-state index contributed by atoms with van der Waals surface area (Å²) in [7, 11) is 0. The minimum atomic E-state index is -2.09. The lowest BCUT2D eigenvalue weighted by Gasteiger charge is -1.95. The number of rotatable bonds is 3. The van der Waals surface area contributed by atoms with Crippen molar-refractivity contribution in [2.75, 3.05) is 0 Å². The van der Waals surface area contributed by atoms with Gasteiger partial charge in [-0.25, -0.2) is 4.79 Å². The molecule has 0 aromatic carbocycles. The number of carbonyl (C=O) groups is 1. The molecular formula is C6H8F2O2. The Balaban J connectivity index is 4.28. The summed E-state index contributed by atoms with van der Waals surface area (Å²) >= 11 is 0. The standard InChI is InChI=1S/C6H8F2O2/c1-2-3-4(5(7)8)6(9)10/h2-3H2,1H3,(H,9,10). The summed E-state index contributed by atoms with van der Waals surface area (Å²) in [5.74, 6) is -1.53. The van der Waals surface area contributed by atoms with Gasteiger partial charge in [0, 0.05) is 0 Å². The molecule has 0 rings (SSSR count). The van der Waals surface area contributed by atoms with Gasteiger partial charge in [-0.15, -0.1) is 0 Å². The summed E-state index contributed by atoms with van der Waals surface area (Å²) in [4.78, 5) is 9.99. The van der Waals surface area contributed by atoms with Crippen LogP contribution in [0.15, 0.2) is 11.7 Å². The third-order valence-corrected chi connectivity index (χ3v) is 0.986. The van der Waals surface area contributed by atoms with Crippen LogP contribution in [-0.2, 0) is 4.79 Å². The Labute approximate surface area is 57.2 Å². The molecule has 0 aliphatic heterocycles. The predicted octanol–water partition coefficient (Wildman–Crippen LogP) is 2.02. The molecule has 0 bridgehead atoms. The fraction of sp³-hybridized carbons (Fsp3) is 0.500. The number of hydrogen-bond donors (Lipinski definition) is 1. The van der Waals surface area contributed by atoms with Gasteiger partial charge in [-0.05, 0) is 6.42 Å². The average molecular weight is 150 g/mol. The number of halogens is 2. The summed E-state index contributed by atoms with van der Waals surface area (Å²) in [6.07, 6.45) is -1.74. The third-order valence-electron chi connectivity index (χ3n) is 0.986. The molecule has 0 radical (unpaired) electrons. The quantitative estimate of drug-likeness (QED) is 0.625. The molecule has 0 unspecified atom stereocenters. The fourth-order valence-corrected chi connectivity index (χ4v) is 0.532. The SMILES string of the molecule is CCCC(C(=O)O)=C(F)F. The largest absolute Gasteiger partial charge is 0.478 e. The first-order chi connectivity index (χ1) is 4.59. The highest BCUT2D eigenvalue weighted by atomic mass is 19.3. The van der Waals surface area contributed by atoms with E-state index < -0.39 is 17.6 Å². The molecule has 58 valence electrons. The Kier molecular flexibility index (Phi) is 3.61. The molecule has 0 amide bonds. The van der Waals surface area contributed by atoms with Gasteiger partial charge in [-0.3, -0.25) is 0 Å². The average Bonchev–Trinajstić information content (AvgIpc) is 1.81. The zero-order valence-electron chi connectivity index (χ0n) is 5.53. The molecular weight excluding hydrogens is 142 g/mol. The highest BCUT2D eigenvalue weighted by Gasteiger charge is 2.12. The van der Waals surface area contributed by atoms with E-state index in [9.17, 15) is 13.6 Å². The van der Waals surface area contributed by atoms with Gasteiger partial charge in [0.1, 0.15) is 5.57 Å². The summed E-state index contributed by atoms with van der Waals surface area (Å²) < 4.78 is 23.3. The van der Waals surface area contributed by atoms with Crippen molar-refractivity contribution in [1.82, 2.24) is 0 Å². The van der Waals surface area contributed by atoms with Crippen molar-refractivity contribution >= 4 is 5.97 Å². The van der Waals surface area contributed by atoms with Crippen LogP contribution in [0.2, 0.25) is 0 Å². The van der Waals surface area contributed by atoms with Crippen molar-refractivity contribution in [1.29, 1.82) is 0 Å². The van der Waals surface area contributed by atoms with Crippen LogP contribution in [0.5, 0.6) is 0 Å². The topological polar surface area (TPSA) is 37.3 Å².